The number of aryl methyl sites for hydroxylation is 1. The first-order valence-corrected chi connectivity index (χ1v) is 10.6. The second-order valence-corrected chi connectivity index (χ2v) is 8.13. The van der Waals surface area contributed by atoms with Gasteiger partial charge in [0.05, 0.1) is 17.2 Å². The van der Waals surface area contributed by atoms with Crippen molar-refractivity contribution in [2.45, 2.75) is 31.8 Å². The van der Waals surface area contributed by atoms with E-state index in [1.54, 1.807) is 34.8 Å². The lowest BCUT2D eigenvalue weighted by Gasteiger charge is -2.22. The zero-order valence-electron chi connectivity index (χ0n) is 17.7. The molecule has 1 saturated heterocycles. The maximum absolute atomic E-state index is 13.2. The van der Waals surface area contributed by atoms with Crippen LogP contribution >= 0.6 is 0 Å². The van der Waals surface area contributed by atoms with E-state index < -0.39 is 0 Å². The van der Waals surface area contributed by atoms with E-state index in [9.17, 15) is 14.0 Å². The molecule has 0 N–H and O–H groups in total. The number of hydrogen-bond acceptors (Lipinski definition) is 4. The number of rotatable bonds is 5. The van der Waals surface area contributed by atoms with Crippen LogP contribution in [0, 0.1) is 5.82 Å². The van der Waals surface area contributed by atoms with Gasteiger partial charge in [0, 0.05) is 20.0 Å². The Morgan fingerprint density at radius 3 is 2.69 bits per heavy atom. The van der Waals surface area contributed by atoms with E-state index in [4.69, 9.17) is 4.42 Å². The highest BCUT2D eigenvalue weighted by atomic mass is 19.1. The van der Waals surface area contributed by atoms with E-state index in [0.717, 1.165) is 29.4 Å². The number of carbonyl (C=O) groups excluding carboxylic acids is 1. The van der Waals surface area contributed by atoms with Crippen molar-refractivity contribution in [3.05, 3.63) is 88.2 Å². The minimum absolute atomic E-state index is 0.0279. The molecule has 0 unspecified atom stereocenters. The summed E-state index contributed by atoms with van der Waals surface area (Å²) in [4.78, 5) is 32.0. The largest absolute Gasteiger partial charge is 0.443 e. The van der Waals surface area contributed by atoms with Crippen molar-refractivity contribution in [1.82, 2.24) is 19.0 Å². The summed E-state index contributed by atoms with van der Waals surface area (Å²) in [6, 6.07) is 13.4. The maximum Gasteiger partial charge on any atom is 0.329 e. The number of aromatic nitrogens is 3. The minimum Gasteiger partial charge on any atom is -0.443 e. The van der Waals surface area contributed by atoms with Crippen LogP contribution in [0.3, 0.4) is 0 Å². The molecule has 2 aromatic carbocycles. The predicted octanol–water partition coefficient (Wildman–Crippen LogP) is 3.42. The van der Waals surface area contributed by atoms with Gasteiger partial charge >= 0.3 is 5.69 Å². The van der Waals surface area contributed by atoms with Crippen molar-refractivity contribution in [2.75, 3.05) is 6.54 Å². The highest BCUT2D eigenvalue weighted by molar-refractivity contribution is 5.81. The Kier molecular flexibility index (Phi) is 5.13. The number of amides is 1. The molecule has 8 heteroatoms. The molecule has 2 aromatic heterocycles. The van der Waals surface area contributed by atoms with Gasteiger partial charge in [-0.3, -0.25) is 13.9 Å². The average molecular weight is 434 g/mol. The highest BCUT2D eigenvalue weighted by Crippen LogP contribution is 2.32. The molecular formula is C24H23FN4O3. The van der Waals surface area contributed by atoms with Gasteiger partial charge in [0.1, 0.15) is 24.2 Å². The van der Waals surface area contributed by atoms with E-state index in [1.165, 1.54) is 16.7 Å². The van der Waals surface area contributed by atoms with Crippen molar-refractivity contribution in [3.63, 3.8) is 0 Å². The number of benzene rings is 2. The number of fused-ring (bicyclic) bond motifs is 1. The van der Waals surface area contributed by atoms with Gasteiger partial charge in [-0.25, -0.2) is 14.2 Å². The summed E-state index contributed by atoms with van der Waals surface area (Å²) >= 11 is 0. The van der Waals surface area contributed by atoms with Crippen LogP contribution in [0.1, 0.15) is 36.1 Å². The molecule has 0 spiro atoms. The van der Waals surface area contributed by atoms with Gasteiger partial charge < -0.3 is 9.32 Å². The molecule has 1 fully saturated rings. The van der Waals surface area contributed by atoms with Gasteiger partial charge in [0.2, 0.25) is 11.8 Å². The molecule has 164 valence electrons. The topological polar surface area (TPSA) is 73.3 Å². The summed E-state index contributed by atoms with van der Waals surface area (Å²) in [6.07, 6.45) is 3.76. The van der Waals surface area contributed by atoms with Gasteiger partial charge in [-0.1, -0.05) is 24.3 Å². The molecule has 0 bridgehead atoms. The third-order valence-electron chi connectivity index (χ3n) is 6.07. The van der Waals surface area contributed by atoms with Crippen molar-refractivity contribution in [3.8, 4) is 0 Å². The number of nitrogens with zero attached hydrogens (tertiary/aromatic N) is 4. The van der Waals surface area contributed by atoms with Crippen molar-refractivity contribution < 1.29 is 13.6 Å². The molecule has 32 heavy (non-hydrogen) atoms. The lowest BCUT2D eigenvalue weighted by atomic mass is 10.1. The standard InChI is InChI=1S/C24H23FN4O3/c1-27-19-5-2-3-6-20(19)29(24(27)31)15-22(30)28-12-4-7-21(28)23-26-14-18(32-23)13-16-8-10-17(25)11-9-16/h2-3,5-6,8-11,14,21H,4,7,12-13,15H2,1H3/t21-/m1/s1. The zero-order valence-corrected chi connectivity index (χ0v) is 17.7. The summed E-state index contributed by atoms with van der Waals surface area (Å²) in [5, 5.41) is 0. The molecule has 3 heterocycles. The van der Waals surface area contributed by atoms with Crippen LogP contribution in [0.25, 0.3) is 11.0 Å². The van der Waals surface area contributed by atoms with Crippen LogP contribution < -0.4 is 5.69 Å². The maximum atomic E-state index is 13.2. The molecule has 5 rings (SSSR count). The molecule has 0 saturated carbocycles. The average Bonchev–Trinajstić information content (AvgIpc) is 3.51. The smallest absolute Gasteiger partial charge is 0.329 e. The molecule has 1 aliphatic rings. The molecule has 0 aliphatic carbocycles. The van der Waals surface area contributed by atoms with Crippen LogP contribution in [0.15, 0.2) is 63.9 Å². The number of halogens is 1. The fourth-order valence-corrected chi connectivity index (χ4v) is 4.43. The number of imidazole rings is 1. The molecular weight excluding hydrogens is 411 g/mol. The molecule has 7 nitrogen and oxygen atoms in total. The zero-order chi connectivity index (χ0) is 22.2. The van der Waals surface area contributed by atoms with E-state index in [1.807, 2.05) is 24.3 Å². The van der Waals surface area contributed by atoms with E-state index in [2.05, 4.69) is 4.98 Å². The van der Waals surface area contributed by atoms with E-state index >= 15 is 0 Å². The van der Waals surface area contributed by atoms with Crippen LogP contribution in [0.2, 0.25) is 0 Å². The molecule has 1 amide bonds. The lowest BCUT2D eigenvalue weighted by Crippen LogP contribution is -2.36. The molecule has 1 aliphatic heterocycles. The quantitative estimate of drug-likeness (QED) is 0.483. The van der Waals surface area contributed by atoms with Crippen LogP contribution in [-0.2, 0) is 24.8 Å². The summed E-state index contributed by atoms with van der Waals surface area (Å²) in [7, 11) is 1.71. The van der Waals surface area contributed by atoms with Crippen LogP contribution in [-0.4, -0.2) is 31.5 Å². The van der Waals surface area contributed by atoms with Crippen LogP contribution in [0.4, 0.5) is 4.39 Å². The fourth-order valence-electron chi connectivity index (χ4n) is 4.43. The Morgan fingerprint density at radius 1 is 1.16 bits per heavy atom. The number of likely N-dealkylation sites (tertiary alicyclic amines) is 1. The Balaban J connectivity index is 1.35. The van der Waals surface area contributed by atoms with Gasteiger partial charge in [-0.2, -0.15) is 0 Å². The normalized spacial score (nSPS) is 16.2. The Morgan fingerprint density at radius 2 is 1.91 bits per heavy atom. The first kappa shape index (κ1) is 20.2. The number of carbonyl (C=O) groups is 1. The second kappa shape index (κ2) is 8.11. The van der Waals surface area contributed by atoms with E-state index in [0.29, 0.717) is 24.6 Å². The highest BCUT2D eigenvalue weighted by Gasteiger charge is 2.33. The van der Waals surface area contributed by atoms with E-state index in [-0.39, 0.29) is 30.0 Å². The Labute approximate surface area is 183 Å². The van der Waals surface area contributed by atoms with Gasteiger partial charge in [-0.15, -0.1) is 0 Å². The fraction of sp³-hybridized carbons (Fsp3) is 0.292. The second-order valence-electron chi connectivity index (χ2n) is 8.13. The molecule has 0 radical (unpaired) electrons. The SMILES string of the molecule is Cn1c(=O)n(CC(=O)N2CCC[C@@H]2c2ncc(Cc3ccc(F)cc3)o2)c2ccccc21. The van der Waals surface area contributed by atoms with Gasteiger partial charge in [-0.05, 0) is 42.7 Å². The predicted molar refractivity (Wildman–Crippen MR) is 117 cm³/mol. The number of hydrogen-bond donors (Lipinski definition) is 0. The lowest BCUT2D eigenvalue weighted by molar-refractivity contribution is -0.133. The van der Waals surface area contributed by atoms with Crippen molar-refractivity contribution in [1.29, 1.82) is 0 Å². The van der Waals surface area contributed by atoms with Crippen molar-refractivity contribution >= 4 is 16.9 Å². The summed E-state index contributed by atoms with van der Waals surface area (Å²) in [6.45, 7) is 0.568. The third-order valence-corrected chi connectivity index (χ3v) is 6.07. The monoisotopic (exact) mass is 434 g/mol. The minimum atomic E-state index is -0.280. The third kappa shape index (κ3) is 3.62. The first-order chi connectivity index (χ1) is 15.5. The first-order valence-electron chi connectivity index (χ1n) is 10.6. The molecule has 4 aromatic rings. The van der Waals surface area contributed by atoms with Crippen LogP contribution in [0.5, 0.6) is 0 Å². The molecule has 1 atom stereocenters. The summed E-state index contributed by atoms with van der Waals surface area (Å²) in [5.41, 5.74) is 2.24. The summed E-state index contributed by atoms with van der Waals surface area (Å²) < 4.78 is 22.2. The Hall–Kier alpha value is -3.68. The summed E-state index contributed by atoms with van der Waals surface area (Å²) in [5.74, 6) is 0.746. The number of oxazole rings is 1. The van der Waals surface area contributed by atoms with Gasteiger partial charge in [0.15, 0.2) is 0 Å². The number of para-hydroxylation sites is 2. The Bertz CT molecular complexity index is 1340. The van der Waals surface area contributed by atoms with Gasteiger partial charge in [0.25, 0.3) is 0 Å². The van der Waals surface area contributed by atoms with Crippen molar-refractivity contribution in [2.24, 2.45) is 7.05 Å².